The molecule has 0 aliphatic heterocycles. The van der Waals surface area contributed by atoms with Crippen LogP contribution in [0.2, 0.25) is 0 Å². The number of anilines is 1. The third-order valence-corrected chi connectivity index (χ3v) is 4.45. The van der Waals surface area contributed by atoms with Crippen LogP contribution in [0.15, 0.2) is 41.3 Å². The summed E-state index contributed by atoms with van der Waals surface area (Å²) in [5.74, 6) is 0.341. The van der Waals surface area contributed by atoms with Crippen molar-refractivity contribution in [2.24, 2.45) is 0 Å². The molecule has 1 N–H and O–H groups in total. The van der Waals surface area contributed by atoms with E-state index in [2.05, 4.69) is 4.72 Å². The Kier molecular flexibility index (Phi) is 4.56. The molecule has 2 rings (SSSR count). The zero-order chi connectivity index (χ0) is 16.3. The smallest absolute Gasteiger partial charge is 0.262 e. The Morgan fingerprint density at radius 2 is 1.68 bits per heavy atom. The number of benzene rings is 2. The first-order valence-electron chi connectivity index (χ1n) is 6.38. The number of sulfonamides is 1. The second-order valence-electron chi connectivity index (χ2n) is 4.59. The quantitative estimate of drug-likeness (QED) is 0.918. The van der Waals surface area contributed by atoms with Gasteiger partial charge >= 0.3 is 0 Å². The van der Waals surface area contributed by atoms with E-state index < -0.39 is 15.8 Å². The number of rotatable bonds is 5. The van der Waals surface area contributed by atoms with Gasteiger partial charge in [-0.3, -0.25) is 4.72 Å². The Bertz CT molecular complexity index is 790. The highest BCUT2D eigenvalue weighted by molar-refractivity contribution is 7.92. The van der Waals surface area contributed by atoms with Crippen LogP contribution in [-0.2, 0) is 10.0 Å². The zero-order valence-corrected chi connectivity index (χ0v) is 13.2. The van der Waals surface area contributed by atoms with Gasteiger partial charge in [0.05, 0.1) is 19.1 Å². The van der Waals surface area contributed by atoms with Crippen molar-refractivity contribution in [1.29, 1.82) is 0 Å². The van der Waals surface area contributed by atoms with Crippen LogP contribution in [0.4, 0.5) is 10.1 Å². The molecule has 0 heterocycles. The predicted molar refractivity (Wildman–Crippen MR) is 81.5 cm³/mol. The Balaban J connectivity index is 2.35. The van der Waals surface area contributed by atoms with E-state index in [1.165, 1.54) is 50.6 Å². The predicted octanol–water partition coefficient (Wildman–Crippen LogP) is 2.95. The molecule has 0 fully saturated rings. The van der Waals surface area contributed by atoms with E-state index in [-0.39, 0.29) is 10.6 Å². The Labute approximate surface area is 128 Å². The summed E-state index contributed by atoms with van der Waals surface area (Å²) < 4.78 is 50.5. The highest BCUT2D eigenvalue weighted by atomic mass is 32.2. The molecule has 7 heteroatoms. The molecule has 0 spiro atoms. The van der Waals surface area contributed by atoms with Crippen molar-refractivity contribution in [1.82, 2.24) is 0 Å². The summed E-state index contributed by atoms with van der Waals surface area (Å²) in [7, 11) is -0.923. The molecule has 2 aromatic rings. The van der Waals surface area contributed by atoms with E-state index in [1.807, 2.05) is 0 Å². The minimum atomic E-state index is -3.81. The molecule has 2 aromatic carbocycles. The van der Waals surface area contributed by atoms with Crippen molar-refractivity contribution in [3.8, 4) is 11.5 Å². The van der Waals surface area contributed by atoms with Gasteiger partial charge in [-0.2, -0.15) is 0 Å². The molecule has 5 nitrogen and oxygen atoms in total. The molecule has 0 bridgehead atoms. The summed E-state index contributed by atoms with van der Waals surface area (Å²) in [5.41, 5.74) is 0.640. The van der Waals surface area contributed by atoms with E-state index in [4.69, 9.17) is 9.47 Å². The van der Waals surface area contributed by atoms with Crippen LogP contribution in [-0.4, -0.2) is 22.6 Å². The largest absolute Gasteiger partial charge is 0.493 e. The molecule has 0 unspecified atom stereocenters. The van der Waals surface area contributed by atoms with Crippen molar-refractivity contribution >= 4 is 15.7 Å². The minimum Gasteiger partial charge on any atom is -0.493 e. The summed E-state index contributed by atoms with van der Waals surface area (Å²) >= 11 is 0. The van der Waals surface area contributed by atoms with Gasteiger partial charge in [0.15, 0.2) is 11.5 Å². The molecular weight excluding hydrogens is 309 g/mol. The summed E-state index contributed by atoms with van der Waals surface area (Å²) in [6.07, 6.45) is 0. The number of aryl methyl sites for hydroxylation is 1. The third-order valence-electron chi connectivity index (χ3n) is 3.08. The minimum absolute atomic E-state index is 0.0205. The summed E-state index contributed by atoms with van der Waals surface area (Å²) in [6.45, 7) is 1.56. The maximum absolute atomic E-state index is 13.2. The van der Waals surface area contributed by atoms with Crippen LogP contribution in [0.3, 0.4) is 0 Å². The number of ether oxygens (including phenoxy) is 2. The lowest BCUT2D eigenvalue weighted by molar-refractivity contribution is 0.354. The SMILES string of the molecule is COc1ccc(S(=O)(=O)Nc2ccc(F)c(C)c2)cc1OC. The first-order chi connectivity index (χ1) is 10.4. The van der Waals surface area contributed by atoms with Gasteiger partial charge in [-0.05, 0) is 42.8 Å². The number of nitrogens with one attached hydrogen (secondary N) is 1. The molecule has 22 heavy (non-hydrogen) atoms. The molecule has 118 valence electrons. The molecule has 0 aromatic heterocycles. The molecule has 0 radical (unpaired) electrons. The molecule has 0 saturated carbocycles. The van der Waals surface area contributed by atoms with E-state index in [9.17, 15) is 12.8 Å². The average molecular weight is 325 g/mol. The number of halogens is 1. The van der Waals surface area contributed by atoms with Crippen LogP contribution in [0.1, 0.15) is 5.56 Å². The van der Waals surface area contributed by atoms with Gasteiger partial charge in [0, 0.05) is 11.8 Å². The van der Waals surface area contributed by atoms with Crippen LogP contribution < -0.4 is 14.2 Å². The highest BCUT2D eigenvalue weighted by Gasteiger charge is 2.17. The van der Waals surface area contributed by atoms with Crippen molar-refractivity contribution in [2.45, 2.75) is 11.8 Å². The number of hydrogen-bond acceptors (Lipinski definition) is 4. The highest BCUT2D eigenvalue weighted by Crippen LogP contribution is 2.30. The van der Waals surface area contributed by atoms with E-state index in [1.54, 1.807) is 6.92 Å². The van der Waals surface area contributed by atoms with Gasteiger partial charge in [0.25, 0.3) is 10.0 Å². The summed E-state index contributed by atoms with van der Waals surface area (Å²) in [6, 6.07) is 8.26. The van der Waals surface area contributed by atoms with Gasteiger partial charge in [-0.15, -0.1) is 0 Å². The van der Waals surface area contributed by atoms with E-state index >= 15 is 0 Å². The Hall–Kier alpha value is -2.28. The lowest BCUT2D eigenvalue weighted by Crippen LogP contribution is -2.13. The normalized spacial score (nSPS) is 11.1. The molecule has 0 aliphatic rings. The van der Waals surface area contributed by atoms with Crippen LogP contribution >= 0.6 is 0 Å². The van der Waals surface area contributed by atoms with Gasteiger partial charge in [-0.25, -0.2) is 12.8 Å². The lowest BCUT2D eigenvalue weighted by Gasteiger charge is -2.12. The topological polar surface area (TPSA) is 64.6 Å². The van der Waals surface area contributed by atoms with E-state index in [0.717, 1.165) is 0 Å². The molecule has 0 amide bonds. The summed E-state index contributed by atoms with van der Waals surface area (Å²) in [5, 5.41) is 0. The zero-order valence-electron chi connectivity index (χ0n) is 12.4. The molecule has 0 saturated heterocycles. The molecular formula is C15H16FNO4S. The number of hydrogen-bond donors (Lipinski definition) is 1. The second kappa shape index (κ2) is 6.23. The van der Waals surface area contributed by atoms with Crippen molar-refractivity contribution in [2.75, 3.05) is 18.9 Å². The van der Waals surface area contributed by atoms with E-state index in [0.29, 0.717) is 17.1 Å². The van der Waals surface area contributed by atoms with Crippen LogP contribution in [0, 0.1) is 12.7 Å². The van der Waals surface area contributed by atoms with Crippen molar-refractivity contribution in [3.05, 3.63) is 47.8 Å². The fraction of sp³-hybridized carbons (Fsp3) is 0.200. The Morgan fingerprint density at radius 1 is 1.00 bits per heavy atom. The fourth-order valence-corrected chi connectivity index (χ4v) is 2.97. The molecule has 0 atom stereocenters. The Morgan fingerprint density at radius 3 is 2.27 bits per heavy atom. The van der Waals surface area contributed by atoms with Crippen LogP contribution in [0.5, 0.6) is 11.5 Å². The first-order valence-corrected chi connectivity index (χ1v) is 7.86. The number of methoxy groups -OCH3 is 2. The second-order valence-corrected chi connectivity index (χ2v) is 6.27. The third kappa shape index (κ3) is 3.30. The van der Waals surface area contributed by atoms with Gasteiger partial charge in [0.1, 0.15) is 5.82 Å². The van der Waals surface area contributed by atoms with Crippen molar-refractivity contribution < 1.29 is 22.3 Å². The molecule has 0 aliphatic carbocycles. The van der Waals surface area contributed by atoms with Gasteiger partial charge in [-0.1, -0.05) is 0 Å². The standard InChI is InChI=1S/C15H16FNO4S/c1-10-8-11(4-6-13(10)16)17-22(18,19)12-5-7-14(20-2)15(9-12)21-3/h4-9,17H,1-3H3. The maximum Gasteiger partial charge on any atom is 0.262 e. The first kappa shape index (κ1) is 16.1. The average Bonchev–Trinajstić information content (AvgIpc) is 2.50. The van der Waals surface area contributed by atoms with Gasteiger partial charge < -0.3 is 9.47 Å². The summed E-state index contributed by atoms with van der Waals surface area (Å²) in [4.78, 5) is 0.0205. The van der Waals surface area contributed by atoms with Gasteiger partial charge in [0.2, 0.25) is 0 Å². The fourth-order valence-electron chi connectivity index (χ4n) is 1.91. The lowest BCUT2D eigenvalue weighted by atomic mass is 10.2. The maximum atomic E-state index is 13.2. The van der Waals surface area contributed by atoms with Crippen LogP contribution in [0.25, 0.3) is 0 Å². The van der Waals surface area contributed by atoms with Crippen molar-refractivity contribution in [3.63, 3.8) is 0 Å². The monoisotopic (exact) mass is 325 g/mol.